The van der Waals surface area contributed by atoms with E-state index in [-0.39, 0.29) is 30.6 Å². The summed E-state index contributed by atoms with van der Waals surface area (Å²) in [4.78, 5) is 12.1. The van der Waals surface area contributed by atoms with Crippen molar-refractivity contribution in [3.8, 4) is 0 Å². The van der Waals surface area contributed by atoms with Crippen molar-refractivity contribution in [3.63, 3.8) is 0 Å². The molecule has 0 saturated heterocycles. The molecule has 118 valence electrons. The minimum Gasteiger partial charge on any atom is -0.325 e. The number of benzene rings is 2. The zero-order valence-corrected chi connectivity index (χ0v) is 13.3. The van der Waals surface area contributed by atoms with Crippen molar-refractivity contribution >= 4 is 24.0 Å². The zero-order chi connectivity index (χ0) is 15.1. The second-order valence-corrected chi connectivity index (χ2v) is 4.79. The Hall–Kier alpha value is -1.91. The molecule has 0 aliphatic rings. The summed E-state index contributed by atoms with van der Waals surface area (Å²) >= 11 is 0. The Morgan fingerprint density at radius 2 is 1.77 bits per heavy atom. The van der Waals surface area contributed by atoms with Crippen LogP contribution in [-0.2, 0) is 17.8 Å². The number of carbonyl (C=O) groups is 1. The monoisotopic (exact) mass is 322 g/mol. The molecule has 0 aliphatic carbocycles. The standard InChI is InChI=1S/C17H19FN2O.ClH/c1-2-19-12-14-5-3-4-6-16(14)20-17(21)11-13-7-9-15(18)10-8-13;/h3-10,19H,2,11-12H2,1H3,(H,20,21);1H. The lowest BCUT2D eigenvalue weighted by molar-refractivity contribution is -0.115. The van der Waals surface area contributed by atoms with E-state index in [9.17, 15) is 9.18 Å². The molecule has 2 N–H and O–H groups in total. The van der Waals surface area contributed by atoms with E-state index in [0.29, 0.717) is 6.54 Å². The van der Waals surface area contributed by atoms with E-state index in [4.69, 9.17) is 0 Å². The van der Waals surface area contributed by atoms with Crippen molar-refractivity contribution in [2.75, 3.05) is 11.9 Å². The Bertz CT molecular complexity index is 602. The molecule has 0 aromatic heterocycles. The van der Waals surface area contributed by atoms with E-state index >= 15 is 0 Å². The molecule has 0 spiro atoms. The maximum Gasteiger partial charge on any atom is 0.228 e. The van der Waals surface area contributed by atoms with E-state index < -0.39 is 0 Å². The number of nitrogens with one attached hydrogen (secondary N) is 2. The molecule has 2 aromatic carbocycles. The summed E-state index contributed by atoms with van der Waals surface area (Å²) in [6.07, 6.45) is 0.232. The number of rotatable bonds is 6. The van der Waals surface area contributed by atoms with Crippen molar-refractivity contribution in [3.05, 3.63) is 65.5 Å². The van der Waals surface area contributed by atoms with E-state index in [2.05, 4.69) is 10.6 Å². The molecule has 2 aromatic rings. The third-order valence-corrected chi connectivity index (χ3v) is 3.13. The normalized spacial score (nSPS) is 9.91. The van der Waals surface area contributed by atoms with E-state index in [1.54, 1.807) is 12.1 Å². The van der Waals surface area contributed by atoms with Crippen LogP contribution < -0.4 is 10.6 Å². The molecule has 0 bridgehead atoms. The van der Waals surface area contributed by atoms with Gasteiger partial charge in [0.2, 0.25) is 5.91 Å². The van der Waals surface area contributed by atoms with Gasteiger partial charge in [0, 0.05) is 12.2 Å². The molecular formula is C17H20ClFN2O. The van der Waals surface area contributed by atoms with Crippen molar-refractivity contribution in [1.29, 1.82) is 0 Å². The first kappa shape index (κ1) is 18.1. The average molecular weight is 323 g/mol. The molecule has 0 unspecified atom stereocenters. The van der Waals surface area contributed by atoms with Gasteiger partial charge in [0.1, 0.15) is 5.82 Å². The number of para-hydroxylation sites is 1. The molecule has 0 heterocycles. The molecule has 0 saturated carbocycles. The van der Waals surface area contributed by atoms with E-state index in [1.165, 1.54) is 12.1 Å². The highest BCUT2D eigenvalue weighted by Gasteiger charge is 2.07. The zero-order valence-electron chi connectivity index (χ0n) is 12.4. The molecule has 0 atom stereocenters. The summed E-state index contributed by atoms with van der Waals surface area (Å²) in [5.74, 6) is -0.402. The molecule has 3 nitrogen and oxygen atoms in total. The van der Waals surface area contributed by atoms with E-state index in [0.717, 1.165) is 23.4 Å². The second kappa shape index (κ2) is 9.18. The molecule has 2 rings (SSSR count). The minimum atomic E-state index is -0.296. The van der Waals surface area contributed by atoms with Gasteiger partial charge in [-0.2, -0.15) is 0 Å². The van der Waals surface area contributed by atoms with Gasteiger partial charge in [-0.25, -0.2) is 4.39 Å². The van der Waals surface area contributed by atoms with Gasteiger partial charge in [-0.1, -0.05) is 37.3 Å². The highest BCUT2D eigenvalue weighted by molar-refractivity contribution is 5.93. The Kier molecular flexibility index (Phi) is 7.57. The Balaban J connectivity index is 0.00000242. The van der Waals surface area contributed by atoms with Crippen LogP contribution >= 0.6 is 12.4 Å². The molecular weight excluding hydrogens is 303 g/mol. The van der Waals surface area contributed by atoms with Crippen LogP contribution in [0.25, 0.3) is 0 Å². The lowest BCUT2D eigenvalue weighted by Gasteiger charge is -2.11. The van der Waals surface area contributed by atoms with Gasteiger partial charge in [-0.3, -0.25) is 4.79 Å². The third kappa shape index (κ3) is 5.47. The number of hydrogen-bond donors (Lipinski definition) is 2. The van der Waals surface area contributed by atoms with Gasteiger partial charge in [0.05, 0.1) is 6.42 Å². The predicted molar refractivity (Wildman–Crippen MR) is 89.8 cm³/mol. The fourth-order valence-corrected chi connectivity index (χ4v) is 2.04. The van der Waals surface area contributed by atoms with Gasteiger partial charge in [-0.15, -0.1) is 12.4 Å². The molecule has 5 heteroatoms. The van der Waals surface area contributed by atoms with Gasteiger partial charge >= 0.3 is 0 Å². The van der Waals surface area contributed by atoms with Gasteiger partial charge in [0.25, 0.3) is 0 Å². The Morgan fingerprint density at radius 3 is 2.45 bits per heavy atom. The predicted octanol–water partition coefficient (Wildman–Crippen LogP) is 3.54. The molecule has 22 heavy (non-hydrogen) atoms. The van der Waals surface area contributed by atoms with Crippen LogP contribution in [-0.4, -0.2) is 12.5 Å². The fourth-order valence-electron chi connectivity index (χ4n) is 2.04. The summed E-state index contributed by atoms with van der Waals surface area (Å²) in [7, 11) is 0. The SMILES string of the molecule is CCNCc1ccccc1NC(=O)Cc1ccc(F)cc1.Cl. The summed E-state index contributed by atoms with van der Waals surface area (Å²) in [5.41, 5.74) is 2.65. The smallest absolute Gasteiger partial charge is 0.228 e. The minimum absolute atomic E-state index is 0. The fraction of sp³-hybridized carbons (Fsp3) is 0.235. The Labute approximate surface area is 136 Å². The quantitative estimate of drug-likeness (QED) is 0.854. The van der Waals surface area contributed by atoms with Gasteiger partial charge in [0.15, 0.2) is 0 Å². The second-order valence-electron chi connectivity index (χ2n) is 4.79. The van der Waals surface area contributed by atoms with Crippen LogP contribution in [0.15, 0.2) is 48.5 Å². The maximum absolute atomic E-state index is 12.8. The first-order valence-electron chi connectivity index (χ1n) is 7.02. The Morgan fingerprint density at radius 1 is 1.09 bits per heavy atom. The summed E-state index contributed by atoms with van der Waals surface area (Å²) in [6, 6.07) is 13.7. The van der Waals surface area contributed by atoms with Crippen LogP contribution in [0.5, 0.6) is 0 Å². The van der Waals surface area contributed by atoms with Gasteiger partial charge < -0.3 is 10.6 Å². The first-order chi connectivity index (χ1) is 10.2. The largest absolute Gasteiger partial charge is 0.325 e. The van der Waals surface area contributed by atoms with Crippen molar-refractivity contribution in [2.45, 2.75) is 19.9 Å². The topological polar surface area (TPSA) is 41.1 Å². The summed E-state index contributed by atoms with van der Waals surface area (Å²) < 4.78 is 12.8. The average Bonchev–Trinajstić information content (AvgIpc) is 2.49. The molecule has 0 fully saturated rings. The highest BCUT2D eigenvalue weighted by atomic mass is 35.5. The molecule has 0 radical (unpaired) electrons. The third-order valence-electron chi connectivity index (χ3n) is 3.13. The van der Waals surface area contributed by atoms with Crippen LogP contribution in [0.4, 0.5) is 10.1 Å². The lowest BCUT2D eigenvalue weighted by Crippen LogP contribution is -2.18. The summed E-state index contributed by atoms with van der Waals surface area (Å²) in [6.45, 7) is 3.62. The van der Waals surface area contributed by atoms with E-state index in [1.807, 2.05) is 31.2 Å². The summed E-state index contributed by atoms with van der Waals surface area (Å²) in [5, 5.41) is 6.15. The maximum atomic E-state index is 12.8. The number of hydrogen-bond acceptors (Lipinski definition) is 2. The number of halogens is 2. The van der Waals surface area contributed by atoms with Crippen LogP contribution in [0.1, 0.15) is 18.1 Å². The number of anilines is 1. The van der Waals surface area contributed by atoms with Crippen LogP contribution in [0, 0.1) is 5.82 Å². The lowest BCUT2D eigenvalue weighted by atomic mass is 10.1. The first-order valence-corrected chi connectivity index (χ1v) is 7.02. The number of carbonyl (C=O) groups excluding carboxylic acids is 1. The van der Waals surface area contributed by atoms with Crippen molar-refractivity contribution in [2.24, 2.45) is 0 Å². The highest BCUT2D eigenvalue weighted by Crippen LogP contribution is 2.15. The van der Waals surface area contributed by atoms with Crippen LogP contribution in [0.2, 0.25) is 0 Å². The van der Waals surface area contributed by atoms with Crippen molar-refractivity contribution < 1.29 is 9.18 Å². The number of amides is 1. The molecule has 1 amide bonds. The van der Waals surface area contributed by atoms with Crippen LogP contribution in [0.3, 0.4) is 0 Å². The molecule has 0 aliphatic heterocycles. The van der Waals surface area contributed by atoms with Crippen molar-refractivity contribution in [1.82, 2.24) is 5.32 Å². The van der Waals surface area contributed by atoms with Gasteiger partial charge in [-0.05, 0) is 35.9 Å².